The van der Waals surface area contributed by atoms with Crippen LogP contribution in [0, 0.1) is 12.7 Å². The summed E-state index contributed by atoms with van der Waals surface area (Å²) in [6.45, 7) is 2.49. The molecule has 0 radical (unpaired) electrons. The number of hydrogen-bond acceptors (Lipinski definition) is 1. The van der Waals surface area contributed by atoms with Crippen molar-refractivity contribution in [2.24, 2.45) is 0 Å². The van der Waals surface area contributed by atoms with E-state index in [2.05, 4.69) is 0 Å². The highest BCUT2D eigenvalue weighted by Crippen LogP contribution is 2.21. The fourth-order valence-corrected chi connectivity index (χ4v) is 2.52. The molecule has 0 saturated carbocycles. The topological polar surface area (TPSA) is 9.23 Å². The molecule has 0 aromatic heterocycles. The maximum Gasteiger partial charge on any atom is 0.130 e. The minimum atomic E-state index is -0.223. The monoisotopic (exact) mass is 306 g/mol. The van der Waals surface area contributed by atoms with Crippen LogP contribution in [-0.2, 0) is 13.0 Å². The molecule has 2 heteroatoms. The number of ether oxygens (including phenoxy) is 1. The molecule has 0 atom stereocenters. The Morgan fingerprint density at radius 2 is 1.57 bits per heavy atom. The molecular formula is C21H19FO. The van der Waals surface area contributed by atoms with Crippen molar-refractivity contribution in [3.63, 3.8) is 0 Å². The zero-order valence-electron chi connectivity index (χ0n) is 13.1. The van der Waals surface area contributed by atoms with Gasteiger partial charge in [-0.15, -0.1) is 0 Å². The standard InChI is InChI=1S/C21H19FO/c1-16-7-5-6-10-18(16)13-19-11-12-20(14-21(19)22)23-15-17-8-3-2-4-9-17/h2-12,14H,13,15H2,1H3. The van der Waals surface area contributed by atoms with Crippen LogP contribution in [0.2, 0.25) is 0 Å². The van der Waals surface area contributed by atoms with Crippen LogP contribution in [0.15, 0.2) is 72.8 Å². The molecule has 116 valence electrons. The summed E-state index contributed by atoms with van der Waals surface area (Å²) in [5, 5.41) is 0. The minimum absolute atomic E-state index is 0.223. The van der Waals surface area contributed by atoms with Gasteiger partial charge in [-0.25, -0.2) is 4.39 Å². The van der Waals surface area contributed by atoms with E-state index in [1.165, 1.54) is 11.6 Å². The summed E-state index contributed by atoms with van der Waals surface area (Å²) >= 11 is 0. The van der Waals surface area contributed by atoms with Crippen molar-refractivity contribution in [3.05, 3.63) is 101 Å². The maximum atomic E-state index is 14.3. The van der Waals surface area contributed by atoms with E-state index in [1.807, 2.05) is 73.7 Å². The van der Waals surface area contributed by atoms with Gasteiger partial charge < -0.3 is 4.74 Å². The fraction of sp³-hybridized carbons (Fsp3) is 0.143. The van der Waals surface area contributed by atoms with Crippen molar-refractivity contribution in [3.8, 4) is 5.75 Å². The highest BCUT2D eigenvalue weighted by Gasteiger charge is 2.07. The first kappa shape index (κ1) is 15.3. The molecule has 0 N–H and O–H groups in total. The third-order valence-electron chi connectivity index (χ3n) is 3.92. The number of aryl methyl sites for hydroxylation is 1. The first-order valence-corrected chi connectivity index (χ1v) is 7.72. The average Bonchev–Trinajstić information content (AvgIpc) is 2.58. The van der Waals surface area contributed by atoms with Gasteiger partial charge >= 0.3 is 0 Å². The summed E-state index contributed by atoms with van der Waals surface area (Å²) < 4.78 is 20.0. The van der Waals surface area contributed by atoms with E-state index in [0.29, 0.717) is 24.3 Å². The largest absolute Gasteiger partial charge is 0.489 e. The van der Waals surface area contributed by atoms with Gasteiger partial charge in [0.25, 0.3) is 0 Å². The van der Waals surface area contributed by atoms with E-state index in [9.17, 15) is 4.39 Å². The van der Waals surface area contributed by atoms with Crippen molar-refractivity contribution in [2.75, 3.05) is 0 Å². The predicted octanol–water partition coefficient (Wildman–Crippen LogP) is 5.30. The van der Waals surface area contributed by atoms with Crippen LogP contribution in [0.5, 0.6) is 5.75 Å². The van der Waals surface area contributed by atoms with Crippen molar-refractivity contribution in [1.82, 2.24) is 0 Å². The van der Waals surface area contributed by atoms with E-state index in [-0.39, 0.29) is 5.82 Å². The van der Waals surface area contributed by atoms with Gasteiger partial charge in [0.15, 0.2) is 0 Å². The molecule has 0 bridgehead atoms. The van der Waals surface area contributed by atoms with Crippen LogP contribution in [-0.4, -0.2) is 0 Å². The quantitative estimate of drug-likeness (QED) is 0.621. The molecule has 0 aliphatic carbocycles. The van der Waals surface area contributed by atoms with Crippen LogP contribution in [0.4, 0.5) is 4.39 Å². The van der Waals surface area contributed by atoms with Gasteiger partial charge in [0.1, 0.15) is 18.2 Å². The fourth-order valence-electron chi connectivity index (χ4n) is 2.52. The second-order valence-electron chi connectivity index (χ2n) is 5.63. The van der Waals surface area contributed by atoms with Gasteiger partial charge in [-0.1, -0.05) is 60.7 Å². The van der Waals surface area contributed by atoms with Crippen LogP contribution in [0.3, 0.4) is 0 Å². The lowest BCUT2D eigenvalue weighted by Gasteiger charge is -2.10. The first-order valence-electron chi connectivity index (χ1n) is 7.72. The minimum Gasteiger partial charge on any atom is -0.489 e. The Kier molecular flexibility index (Phi) is 4.72. The Labute approximate surface area is 136 Å². The molecule has 23 heavy (non-hydrogen) atoms. The molecule has 0 saturated heterocycles. The highest BCUT2D eigenvalue weighted by molar-refractivity contribution is 5.35. The number of hydrogen-bond donors (Lipinski definition) is 0. The molecule has 3 aromatic carbocycles. The second kappa shape index (κ2) is 7.10. The normalized spacial score (nSPS) is 10.5. The Morgan fingerprint density at radius 3 is 2.30 bits per heavy atom. The SMILES string of the molecule is Cc1ccccc1Cc1ccc(OCc2ccccc2)cc1F. The number of halogens is 1. The molecule has 0 spiro atoms. The van der Waals surface area contributed by atoms with Crippen LogP contribution in [0.1, 0.15) is 22.3 Å². The van der Waals surface area contributed by atoms with Gasteiger partial charge in [-0.3, -0.25) is 0 Å². The Bertz CT molecular complexity index is 781. The summed E-state index contributed by atoms with van der Waals surface area (Å²) in [5.74, 6) is 0.332. The first-order chi connectivity index (χ1) is 11.2. The van der Waals surface area contributed by atoms with Crippen LogP contribution < -0.4 is 4.74 Å². The van der Waals surface area contributed by atoms with Crippen LogP contribution in [0.25, 0.3) is 0 Å². The van der Waals surface area contributed by atoms with E-state index >= 15 is 0 Å². The predicted molar refractivity (Wildman–Crippen MR) is 91.2 cm³/mol. The van der Waals surface area contributed by atoms with Gasteiger partial charge in [-0.05, 0) is 35.2 Å². The molecular weight excluding hydrogens is 287 g/mol. The summed E-state index contributed by atoms with van der Waals surface area (Å²) in [4.78, 5) is 0. The lowest BCUT2D eigenvalue weighted by atomic mass is 10.0. The molecule has 0 fully saturated rings. The third-order valence-corrected chi connectivity index (χ3v) is 3.92. The van der Waals surface area contributed by atoms with Crippen molar-refractivity contribution < 1.29 is 9.13 Å². The second-order valence-corrected chi connectivity index (χ2v) is 5.63. The van der Waals surface area contributed by atoms with E-state index < -0.39 is 0 Å². The molecule has 1 nitrogen and oxygen atoms in total. The summed E-state index contributed by atoms with van der Waals surface area (Å²) in [7, 11) is 0. The van der Waals surface area contributed by atoms with Crippen molar-refractivity contribution >= 4 is 0 Å². The molecule has 0 aliphatic rings. The zero-order valence-corrected chi connectivity index (χ0v) is 13.1. The highest BCUT2D eigenvalue weighted by atomic mass is 19.1. The maximum absolute atomic E-state index is 14.3. The zero-order chi connectivity index (χ0) is 16.1. The summed E-state index contributed by atoms with van der Waals surface area (Å²) in [6.07, 6.45) is 0.595. The summed E-state index contributed by atoms with van der Waals surface area (Å²) in [6, 6.07) is 23.0. The number of benzene rings is 3. The molecule has 0 heterocycles. The molecule has 3 aromatic rings. The Morgan fingerprint density at radius 1 is 0.826 bits per heavy atom. The smallest absolute Gasteiger partial charge is 0.130 e. The van der Waals surface area contributed by atoms with E-state index in [0.717, 1.165) is 11.1 Å². The van der Waals surface area contributed by atoms with Gasteiger partial charge in [0.2, 0.25) is 0 Å². The van der Waals surface area contributed by atoms with E-state index in [1.54, 1.807) is 0 Å². The molecule has 3 rings (SSSR count). The van der Waals surface area contributed by atoms with Crippen molar-refractivity contribution in [2.45, 2.75) is 20.0 Å². The van der Waals surface area contributed by atoms with E-state index in [4.69, 9.17) is 4.74 Å². The third kappa shape index (κ3) is 3.98. The summed E-state index contributed by atoms with van der Waals surface area (Å²) in [5.41, 5.74) is 4.07. The number of rotatable bonds is 5. The Hall–Kier alpha value is -2.61. The lowest BCUT2D eigenvalue weighted by Crippen LogP contribution is -1.98. The van der Waals surface area contributed by atoms with Crippen molar-refractivity contribution in [1.29, 1.82) is 0 Å². The Balaban J connectivity index is 1.69. The molecule has 0 aliphatic heterocycles. The molecule has 0 amide bonds. The lowest BCUT2D eigenvalue weighted by molar-refractivity contribution is 0.304. The van der Waals surface area contributed by atoms with Gasteiger partial charge in [-0.2, -0.15) is 0 Å². The molecule has 0 unspecified atom stereocenters. The average molecular weight is 306 g/mol. The van der Waals surface area contributed by atoms with Gasteiger partial charge in [0, 0.05) is 12.5 Å². The van der Waals surface area contributed by atoms with Gasteiger partial charge in [0.05, 0.1) is 0 Å². The van der Waals surface area contributed by atoms with Crippen LogP contribution >= 0.6 is 0 Å².